The molecule has 15 heavy (non-hydrogen) atoms. The van der Waals surface area contributed by atoms with Gasteiger partial charge in [-0.3, -0.25) is 10.1 Å². The van der Waals surface area contributed by atoms with E-state index in [2.05, 4.69) is 20.7 Å². The van der Waals surface area contributed by atoms with E-state index in [0.717, 1.165) is 0 Å². The maximum atomic E-state index is 11.3. The molecule has 1 rings (SSSR count). The molecule has 0 bridgehead atoms. The summed E-state index contributed by atoms with van der Waals surface area (Å²) < 4.78 is 4.53. The van der Waals surface area contributed by atoms with Crippen LogP contribution in [0.5, 0.6) is 0 Å². The summed E-state index contributed by atoms with van der Waals surface area (Å²) in [7, 11) is 1.24. The number of hydrogen-bond acceptors (Lipinski definition) is 4. The number of hydrogen-bond donors (Lipinski definition) is 0. The Kier molecular flexibility index (Phi) is 3.79. The second-order valence-electron chi connectivity index (χ2n) is 2.72. The molecule has 0 N–H and O–H groups in total. The van der Waals surface area contributed by atoms with E-state index in [0.29, 0.717) is 10.9 Å². The molecule has 1 aromatic rings. The summed E-state index contributed by atoms with van der Waals surface area (Å²) in [6, 6.07) is 4.09. The summed E-state index contributed by atoms with van der Waals surface area (Å²) in [5.41, 5.74) is 0.746. The highest BCUT2D eigenvalue weighted by Crippen LogP contribution is 2.20. The van der Waals surface area contributed by atoms with Crippen LogP contribution >= 0.6 is 15.9 Å². The van der Waals surface area contributed by atoms with Gasteiger partial charge in [-0.05, 0) is 5.56 Å². The highest BCUT2D eigenvalue weighted by atomic mass is 79.9. The first-order chi connectivity index (χ1) is 7.10. The van der Waals surface area contributed by atoms with Crippen LogP contribution in [0, 0.1) is 10.1 Å². The van der Waals surface area contributed by atoms with E-state index < -0.39 is 10.9 Å². The van der Waals surface area contributed by atoms with Crippen molar-refractivity contribution in [3.05, 3.63) is 39.4 Å². The fourth-order valence-corrected chi connectivity index (χ4v) is 1.58. The van der Waals surface area contributed by atoms with E-state index in [1.807, 2.05) is 0 Å². The Morgan fingerprint density at radius 2 is 2.27 bits per heavy atom. The summed E-state index contributed by atoms with van der Waals surface area (Å²) in [6.07, 6.45) is 0. The Bertz CT molecular complexity index is 405. The van der Waals surface area contributed by atoms with Gasteiger partial charge < -0.3 is 4.74 Å². The third-order valence-corrected chi connectivity index (χ3v) is 2.46. The zero-order chi connectivity index (χ0) is 11.4. The molecule has 0 aliphatic carbocycles. The second-order valence-corrected chi connectivity index (χ2v) is 3.28. The molecular formula is C9H8BrNO4. The highest BCUT2D eigenvalue weighted by Gasteiger charge is 2.16. The van der Waals surface area contributed by atoms with Crippen LogP contribution < -0.4 is 0 Å². The van der Waals surface area contributed by atoms with Crippen molar-refractivity contribution in [2.45, 2.75) is 5.33 Å². The van der Waals surface area contributed by atoms with Crippen LogP contribution in [-0.2, 0) is 10.1 Å². The maximum Gasteiger partial charge on any atom is 0.338 e. The van der Waals surface area contributed by atoms with Crippen LogP contribution in [0.25, 0.3) is 0 Å². The molecule has 0 saturated carbocycles. The molecule has 0 unspecified atom stereocenters. The Balaban J connectivity index is 3.25. The van der Waals surface area contributed by atoms with Gasteiger partial charge in [-0.2, -0.15) is 0 Å². The van der Waals surface area contributed by atoms with Gasteiger partial charge in [0.15, 0.2) is 0 Å². The molecule has 5 nitrogen and oxygen atoms in total. The number of carbonyl (C=O) groups excluding carboxylic acids is 1. The minimum atomic E-state index is -0.576. The maximum absolute atomic E-state index is 11.3. The molecule has 0 atom stereocenters. The molecular weight excluding hydrogens is 266 g/mol. The fraction of sp³-hybridized carbons (Fsp3) is 0.222. The Labute approximate surface area is 94.3 Å². The van der Waals surface area contributed by atoms with E-state index in [1.54, 1.807) is 0 Å². The van der Waals surface area contributed by atoms with Gasteiger partial charge in [0.1, 0.15) is 0 Å². The van der Waals surface area contributed by atoms with Gasteiger partial charge in [-0.25, -0.2) is 4.79 Å². The minimum Gasteiger partial charge on any atom is -0.465 e. The number of rotatable bonds is 3. The van der Waals surface area contributed by atoms with E-state index >= 15 is 0 Å². The SMILES string of the molecule is COC(=O)c1cc([N+](=O)[O-])ccc1CBr. The third-order valence-electron chi connectivity index (χ3n) is 1.85. The van der Waals surface area contributed by atoms with Crippen molar-refractivity contribution in [2.24, 2.45) is 0 Å². The Morgan fingerprint density at radius 1 is 1.60 bits per heavy atom. The number of nitrogens with zero attached hydrogens (tertiary/aromatic N) is 1. The number of nitro benzene ring substituents is 1. The van der Waals surface area contributed by atoms with Gasteiger partial charge in [0.05, 0.1) is 17.6 Å². The Morgan fingerprint density at radius 3 is 2.73 bits per heavy atom. The lowest BCUT2D eigenvalue weighted by Gasteiger charge is -2.04. The summed E-state index contributed by atoms with van der Waals surface area (Å²) in [5, 5.41) is 10.9. The van der Waals surface area contributed by atoms with Gasteiger partial charge in [0, 0.05) is 17.5 Å². The summed E-state index contributed by atoms with van der Waals surface area (Å²) in [5.74, 6) is -0.576. The first-order valence-electron chi connectivity index (χ1n) is 4.01. The van der Waals surface area contributed by atoms with E-state index in [1.165, 1.54) is 25.3 Å². The number of non-ortho nitro benzene ring substituents is 1. The molecule has 6 heteroatoms. The largest absolute Gasteiger partial charge is 0.465 e. The standard InChI is InChI=1S/C9H8BrNO4/c1-15-9(12)8-4-7(11(13)14)3-2-6(8)5-10/h2-4H,5H2,1H3. The summed E-state index contributed by atoms with van der Waals surface area (Å²) in [4.78, 5) is 21.3. The lowest BCUT2D eigenvalue weighted by atomic mass is 10.1. The third kappa shape index (κ3) is 2.53. The Hall–Kier alpha value is -1.43. The molecule has 0 aliphatic heterocycles. The predicted molar refractivity (Wildman–Crippen MR) is 57.1 cm³/mol. The molecule has 1 aromatic carbocycles. The fourth-order valence-electron chi connectivity index (χ4n) is 1.09. The molecule has 0 amide bonds. The van der Waals surface area contributed by atoms with Gasteiger partial charge in [-0.1, -0.05) is 22.0 Å². The van der Waals surface area contributed by atoms with Crippen LogP contribution in [0.4, 0.5) is 5.69 Å². The number of carbonyl (C=O) groups is 1. The van der Waals surface area contributed by atoms with Crippen molar-refractivity contribution in [1.29, 1.82) is 0 Å². The number of nitro groups is 1. The van der Waals surface area contributed by atoms with Crippen molar-refractivity contribution in [1.82, 2.24) is 0 Å². The van der Waals surface area contributed by atoms with E-state index in [9.17, 15) is 14.9 Å². The van der Waals surface area contributed by atoms with Gasteiger partial charge >= 0.3 is 5.97 Å². The van der Waals surface area contributed by atoms with Crippen LogP contribution in [-0.4, -0.2) is 18.0 Å². The smallest absolute Gasteiger partial charge is 0.338 e. The van der Waals surface area contributed by atoms with Crippen LogP contribution in [0.15, 0.2) is 18.2 Å². The predicted octanol–water partition coefficient (Wildman–Crippen LogP) is 2.28. The molecule has 0 heterocycles. The van der Waals surface area contributed by atoms with Crippen molar-refractivity contribution < 1.29 is 14.5 Å². The molecule has 0 radical (unpaired) electrons. The van der Waals surface area contributed by atoms with E-state index in [4.69, 9.17) is 0 Å². The monoisotopic (exact) mass is 273 g/mol. The van der Waals surface area contributed by atoms with Crippen LogP contribution in [0.1, 0.15) is 15.9 Å². The number of benzene rings is 1. The topological polar surface area (TPSA) is 69.4 Å². The van der Waals surface area contributed by atoms with Crippen molar-refractivity contribution in [2.75, 3.05) is 7.11 Å². The summed E-state index contributed by atoms with van der Waals surface area (Å²) >= 11 is 3.19. The first kappa shape index (κ1) is 11.6. The average Bonchev–Trinajstić information content (AvgIpc) is 2.27. The van der Waals surface area contributed by atoms with E-state index in [-0.39, 0.29) is 11.3 Å². The van der Waals surface area contributed by atoms with Crippen molar-refractivity contribution >= 4 is 27.6 Å². The van der Waals surface area contributed by atoms with Gasteiger partial charge in [0.2, 0.25) is 0 Å². The normalized spacial score (nSPS) is 9.73. The minimum absolute atomic E-state index is 0.125. The number of alkyl halides is 1. The average molecular weight is 274 g/mol. The number of methoxy groups -OCH3 is 1. The first-order valence-corrected chi connectivity index (χ1v) is 5.14. The zero-order valence-corrected chi connectivity index (χ0v) is 9.48. The highest BCUT2D eigenvalue weighted by molar-refractivity contribution is 9.08. The van der Waals surface area contributed by atoms with Gasteiger partial charge in [-0.15, -0.1) is 0 Å². The van der Waals surface area contributed by atoms with Crippen molar-refractivity contribution in [3.8, 4) is 0 Å². The number of esters is 1. The lowest BCUT2D eigenvalue weighted by molar-refractivity contribution is -0.384. The molecule has 0 saturated heterocycles. The molecule has 0 aliphatic rings. The molecule has 0 fully saturated rings. The zero-order valence-electron chi connectivity index (χ0n) is 7.90. The summed E-state index contributed by atoms with van der Waals surface area (Å²) in [6.45, 7) is 0. The van der Waals surface area contributed by atoms with Crippen LogP contribution in [0.3, 0.4) is 0 Å². The van der Waals surface area contributed by atoms with Crippen LogP contribution in [0.2, 0.25) is 0 Å². The molecule has 0 aromatic heterocycles. The molecule has 80 valence electrons. The quantitative estimate of drug-likeness (QED) is 0.367. The van der Waals surface area contributed by atoms with Crippen molar-refractivity contribution in [3.63, 3.8) is 0 Å². The van der Waals surface area contributed by atoms with Gasteiger partial charge in [0.25, 0.3) is 5.69 Å². The number of halogens is 1. The molecule has 0 spiro atoms. The second kappa shape index (κ2) is 4.88. The number of ether oxygens (including phenoxy) is 1. The lowest BCUT2D eigenvalue weighted by Crippen LogP contribution is -2.05.